The summed E-state index contributed by atoms with van der Waals surface area (Å²) in [4.78, 5) is 28.8. The van der Waals surface area contributed by atoms with Crippen LogP contribution >= 0.6 is 11.8 Å². The number of halogens is 1. The summed E-state index contributed by atoms with van der Waals surface area (Å²) < 4.78 is 23.7. The number of rotatable bonds is 5. The Labute approximate surface area is 186 Å². The van der Waals surface area contributed by atoms with Crippen LogP contribution in [0.3, 0.4) is 0 Å². The number of hydrogen-bond acceptors (Lipinski definition) is 7. The monoisotopic (exact) mass is 452 g/mol. The molecular weight excluding hydrogens is 435 g/mol. The third-order valence-electron chi connectivity index (χ3n) is 4.58. The molecule has 0 spiro atoms. The molecule has 0 aromatic heterocycles. The number of nitrogens with zero attached hydrogens (tertiary/aromatic N) is 3. The Hall–Kier alpha value is -3.79. The van der Waals surface area contributed by atoms with Crippen LogP contribution in [0.25, 0.3) is 6.08 Å². The molecule has 2 aromatic rings. The zero-order valence-electron chi connectivity index (χ0n) is 17.1. The second-order valence-corrected chi connectivity index (χ2v) is 7.71. The van der Waals surface area contributed by atoms with E-state index in [-0.39, 0.29) is 28.5 Å². The fourth-order valence-electron chi connectivity index (χ4n) is 2.94. The van der Waals surface area contributed by atoms with E-state index in [0.717, 1.165) is 5.04 Å². The van der Waals surface area contributed by atoms with E-state index in [1.54, 1.807) is 12.1 Å². The summed E-state index contributed by atoms with van der Waals surface area (Å²) in [5.41, 5.74) is 0.806. The molecule has 32 heavy (non-hydrogen) atoms. The van der Waals surface area contributed by atoms with Crippen molar-refractivity contribution in [3.63, 3.8) is 0 Å². The number of carbonyl (C=O) groups is 2. The van der Waals surface area contributed by atoms with Gasteiger partial charge < -0.3 is 9.47 Å². The molecule has 0 atom stereocenters. The second kappa shape index (κ2) is 8.75. The van der Waals surface area contributed by atoms with E-state index in [1.807, 2.05) is 6.92 Å². The van der Waals surface area contributed by atoms with Crippen LogP contribution in [0.2, 0.25) is 0 Å². The number of hydrazone groups is 1. The molecular formula is C22H17FN4O4S. The number of benzene rings is 2. The number of amidine groups is 2. The lowest BCUT2D eigenvalue weighted by Crippen LogP contribution is -2.35. The van der Waals surface area contributed by atoms with Crippen LogP contribution in [0.4, 0.5) is 4.39 Å². The highest BCUT2D eigenvalue weighted by atomic mass is 32.2. The summed E-state index contributed by atoms with van der Waals surface area (Å²) in [6.07, 6.45) is 2.18. The SMILES string of the molecule is CCC1=NN2C(=N)/C(=C/c3ccc(OC(=O)c4ccc(F)cc4)c(OC)c3)C(=O)N=C2S1. The van der Waals surface area contributed by atoms with Crippen molar-refractivity contribution in [1.29, 1.82) is 5.41 Å². The van der Waals surface area contributed by atoms with Gasteiger partial charge in [0.05, 0.1) is 18.2 Å². The van der Waals surface area contributed by atoms with Gasteiger partial charge in [-0.05, 0) is 66.2 Å². The first-order valence-corrected chi connectivity index (χ1v) is 10.4. The van der Waals surface area contributed by atoms with Gasteiger partial charge in [0.1, 0.15) is 10.9 Å². The first-order valence-electron chi connectivity index (χ1n) is 9.54. The Bertz CT molecular complexity index is 1220. The fourth-order valence-corrected chi connectivity index (χ4v) is 3.77. The molecule has 0 bridgehead atoms. The molecule has 1 amide bonds. The minimum Gasteiger partial charge on any atom is -0.493 e. The largest absolute Gasteiger partial charge is 0.493 e. The molecule has 2 aromatic carbocycles. The maximum atomic E-state index is 13.1. The number of amides is 1. The maximum absolute atomic E-state index is 13.1. The van der Waals surface area contributed by atoms with Crippen LogP contribution in [0.15, 0.2) is 58.1 Å². The zero-order valence-corrected chi connectivity index (χ0v) is 17.9. The summed E-state index contributed by atoms with van der Waals surface area (Å²) >= 11 is 1.27. The van der Waals surface area contributed by atoms with E-state index < -0.39 is 17.7 Å². The second-order valence-electron chi connectivity index (χ2n) is 6.67. The van der Waals surface area contributed by atoms with Gasteiger partial charge in [-0.1, -0.05) is 13.0 Å². The third kappa shape index (κ3) is 4.17. The first-order chi connectivity index (χ1) is 15.4. The van der Waals surface area contributed by atoms with Crippen molar-refractivity contribution < 1.29 is 23.5 Å². The van der Waals surface area contributed by atoms with Gasteiger partial charge in [0.15, 0.2) is 17.3 Å². The van der Waals surface area contributed by atoms with E-state index in [2.05, 4.69) is 10.1 Å². The molecule has 0 fully saturated rings. The average Bonchev–Trinajstić information content (AvgIpc) is 3.21. The number of ether oxygens (including phenoxy) is 2. The van der Waals surface area contributed by atoms with Crippen LogP contribution in [0.5, 0.6) is 11.5 Å². The van der Waals surface area contributed by atoms with E-state index in [4.69, 9.17) is 14.9 Å². The highest BCUT2D eigenvalue weighted by molar-refractivity contribution is 8.26. The zero-order chi connectivity index (χ0) is 22.8. The Morgan fingerprint density at radius 2 is 1.97 bits per heavy atom. The summed E-state index contributed by atoms with van der Waals surface area (Å²) in [6, 6.07) is 9.67. The highest BCUT2D eigenvalue weighted by Gasteiger charge is 2.35. The van der Waals surface area contributed by atoms with Gasteiger partial charge in [0.25, 0.3) is 5.91 Å². The molecule has 2 aliphatic heterocycles. The van der Waals surface area contributed by atoms with Gasteiger partial charge in [-0.3, -0.25) is 10.2 Å². The Morgan fingerprint density at radius 3 is 2.66 bits per heavy atom. The summed E-state index contributed by atoms with van der Waals surface area (Å²) in [5.74, 6) is -1.33. The third-order valence-corrected chi connectivity index (χ3v) is 5.63. The normalized spacial score (nSPS) is 16.6. The summed E-state index contributed by atoms with van der Waals surface area (Å²) in [5, 5.41) is 15.2. The smallest absolute Gasteiger partial charge is 0.343 e. The van der Waals surface area contributed by atoms with Gasteiger partial charge in [-0.15, -0.1) is 0 Å². The number of hydrogen-bond donors (Lipinski definition) is 1. The Kier molecular flexibility index (Phi) is 5.87. The molecule has 0 saturated carbocycles. The molecule has 0 saturated heterocycles. The van der Waals surface area contributed by atoms with Crippen molar-refractivity contribution in [2.24, 2.45) is 10.1 Å². The lowest BCUT2D eigenvalue weighted by molar-refractivity contribution is -0.114. The van der Waals surface area contributed by atoms with Gasteiger partial charge in [-0.2, -0.15) is 15.1 Å². The topological polar surface area (TPSA) is 104 Å². The van der Waals surface area contributed by atoms with Crippen molar-refractivity contribution in [1.82, 2.24) is 5.01 Å². The molecule has 2 heterocycles. The molecule has 1 N–H and O–H groups in total. The molecule has 4 rings (SSSR count). The number of methoxy groups -OCH3 is 1. The predicted octanol–water partition coefficient (Wildman–Crippen LogP) is 4.08. The average molecular weight is 452 g/mol. The number of aliphatic imine (C=N–C) groups is 1. The first kappa shape index (κ1) is 21.4. The van der Waals surface area contributed by atoms with E-state index >= 15 is 0 Å². The number of fused-ring (bicyclic) bond motifs is 1. The quantitative estimate of drug-likeness (QED) is 0.416. The molecule has 0 radical (unpaired) electrons. The van der Waals surface area contributed by atoms with Crippen molar-refractivity contribution >= 4 is 45.8 Å². The standard InChI is InChI=1S/C22H17FN4O4S/c1-3-18-26-27-19(24)15(20(28)25-22(27)32-18)10-12-4-9-16(17(11-12)30-2)31-21(29)13-5-7-14(23)8-6-13/h4-11,24H,3H2,1-2H3/b15-10-,24-19?. The predicted molar refractivity (Wildman–Crippen MR) is 120 cm³/mol. The number of nitrogens with one attached hydrogen (secondary N) is 1. The van der Waals surface area contributed by atoms with Gasteiger partial charge in [0.2, 0.25) is 5.17 Å². The Morgan fingerprint density at radius 1 is 1.22 bits per heavy atom. The van der Waals surface area contributed by atoms with Crippen molar-refractivity contribution in [3.05, 3.63) is 65.0 Å². The van der Waals surface area contributed by atoms with Gasteiger partial charge in [-0.25, -0.2) is 9.18 Å². The van der Waals surface area contributed by atoms with E-state index in [0.29, 0.717) is 17.2 Å². The van der Waals surface area contributed by atoms with Crippen LogP contribution in [0, 0.1) is 11.2 Å². The Balaban J connectivity index is 1.59. The number of carbonyl (C=O) groups excluding carboxylic acids is 2. The minimum atomic E-state index is -0.670. The molecule has 2 aliphatic rings. The molecule has 0 aliphatic carbocycles. The molecule has 10 heteroatoms. The van der Waals surface area contributed by atoms with E-state index in [9.17, 15) is 14.0 Å². The fraction of sp³-hybridized carbons (Fsp3) is 0.136. The van der Waals surface area contributed by atoms with Crippen LogP contribution in [-0.2, 0) is 4.79 Å². The highest BCUT2D eigenvalue weighted by Crippen LogP contribution is 2.32. The van der Waals surface area contributed by atoms with E-state index in [1.165, 1.54) is 60.3 Å². The number of thioether (sulfide) groups is 1. The molecule has 162 valence electrons. The lowest BCUT2D eigenvalue weighted by atomic mass is 10.1. The number of esters is 1. The summed E-state index contributed by atoms with van der Waals surface area (Å²) in [6.45, 7) is 1.93. The maximum Gasteiger partial charge on any atom is 0.343 e. The van der Waals surface area contributed by atoms with Gasteiger partial charge in [0, 0.05) is 0 Å². The van der Waals surface area contributed by atoms with Gasteiger partial charge >= 0.3 is 5.97 Å². The van der Waals surface area contributed by atoms with Crippen molar-refractivity contribution in [2.45, 2.75) is 13.3 Å². The van der Waals surface area contributed by atoms with Crippen LogP contribution < -0.4 is 9.47 Å². The van der Waals surface area contributed by atoms with Crippen LogP contribution in [0.1, 0.15) is 29.3 Å². The molecule has 8 nitrogen and oxygen atoms in total. The summed E-state index contributed by atoms with van der Waals surface area (Å²) in [7, 11) is 1.41. The van der Waals surface area contributed by atoms with Crippen molar-refractivity contribution in [3.8, 4) is 11.5 Å². The van der Waals surface area contributed by atoms with Crippen molar-refractivity contribution in [2.75, 3.05) is 7.11 Å². The lowest BCUT2D eigenvalue weighted by Gasteiger charge is -2.20. The van der Waals surface area contributed by atoms with Crippen LogP contribution in [-0.4, -0.2) is 40.0 Å². The minimum absolute atomic E-state index is 0.0678. The molecule has 0 unspecified atom stereocenters.